The van der Waals surface area contributed by atoms with E-state index in [-0.39, 0.29) is 0 Å². The zero-order chi connectivity index (χ0) is 9.19. The number of halogens is 3. The molecule has 1 aromatic rings. The van der Waals surface area contributed by atoms with Crippen molar-refractivity contribution >= 4 is 14.9 Å². The molecule has 0 aliphatic rings. The van der Waals surface area contributed by atoms with Gasteiger partial charge in [0.1, 0.15) is 0 Å². The van der Waals surface area contributed by atoms with E-state index in [2.05, 4.69) is 0 Å². The quantitative estimate of drug-likeness (QED) is 0.653. The lowest BCUT2D eigenvalue weighted by Gasteiger charge is -2.06. The van der Waals surface area contributed by atoms with Crippen LogP contribution in [0.25, 0.3) is 0 Å². The molecular weight excluding hydrogens is 185 g/mol. The summed E-state index contributed by atoms with van der Waals surface area (Å²) in [5.74, 6) is 0. The molecule has 0 heterocycles. The smallest absolute Gasteiger partial charge is 0.416 e. The summed E-state index contributed by atoms with van der Waals surface area (Å²) in [5.41, 5.74) is -0.721. The summed E-state index contributed by atoms with van der Waals surface area (Å²) in [6, 6.07) is 4.65. The molecule has 12 heavy (non-hydrogen) atoms. The number of benzene rings is 1. The van der Waals surface area contributed by atoms with E-state index in [1.807, 2.05) is 0 Å². The van der Waals surface area contributed by atoms with Crippen LogP contribution in [0.15, 0.2) is 24.3 Å². The fourth-order valence-electron chi connectivity index (χ4n) is 0.765. The highest BCUT2D eigenvalue weighted by Gasteiger charge is 2.30. The molecule has 0 atom stereocenters. The third kappa shape index (κ3) is 2.08. The Balaban J connectivity index is 3.02. The molecule has 0 aliphatic carbocycles. The van der Waals surface area contributed by atoms with Gasteiger partial charge in [0.15, 0.2) is 0 Å². The summed E-state index contributed by atoms with van der Waals surface area (Å²) >= 11 is 0. The summed E-state index contributed by atoms with van der Waals surface area (Å²) in [6.45, 7) is 0. The van der Waals surface area contributed by atoms with Crippen LogP contribution in [-0.4, -0.2) is 14.6 Å². The lowest BCUT2D eigenvalue weighted by atomic mass is 10.2. The monoisotopic (exact) mass is 190 g/mol. The average Bonchev–Trinajstić information content (AvgIpc) is 2.03. The van der Waals surface area contributed by atoms with Crippen molar-refractivity contribution in [1.82, 2.24) is 0 Å². The molecule has 1 N–H and O–H groups in total. The van der Waals surface area contributed by atoms with Crippen molar-refractivity contribution in [2.75, 3.05) is 0 Å². The van der Waals surface area contributed by atoms with E-state index < -0.39 is 21.5 Å². The normalized spacial score (nSPS) is 11.7. The highest BCUT2D eigenvalue weighted by Crippen LogP contribution is 2.27. The standard InChI is InChI=1S/C7H5F3OSi/c8-7(9,10)5-2-1-3-6(4-5)12-11/h1-4,11H. The Kier molecular flexibility index (Phi) is 2.54. The summed E-state index contributed by atoms with van der Waals surface area (Å²) in [6.07, 6.45) is -4.32. The molecule has 1 rings (SSSR count). The summed E-state index contributed by atoms with van der Waals surface area (Å²) in [4.78, 5) is 8.59. The molecule has 0 aromatic heterocycles. The van der Waals surface area contributed by atoms with Gasteiger partial charge >= 0.3 is 6.18 Å². The Hall–Kier alpha value is -0.813. The summed E-state index contributed by atoms with van der Waals surface area (Å²) in [5, 5.41) is 0.296. The van der Waals surface area contributed by atoms with Crippen LogP contribution in [0.4, 0.5) is 13.2 Å². The molecule has 5 heteroatoms. The van der Waals surface area contributed by atoms with Crippen LogP contribution in [0.5, 0.6) is 0 Å². The van der Waals surface area contributed by atoms with Gasteiger partial charge in [0.25, 0.3) is 9.76 Å². The first-order valence-electron chi connectivity index (χ1n) is 3.11. The van der Waals surface area contributed by atoms with Crippen LogP contribution >= 0.6 is 0 Å². The second kappa shape index (κ2) is 3.28. The van der Waals surface area contributed by atoms with E-state index in [1.54, 1.807) is 0 Å². The highest BCUT2D eigenvalue weighted by molar-refractivity contribution is 6.45. The average molecular weight is 190 g/mol. The van der Waals surface area contributed by atoms with Crippen LogP contribution < -0.4 is 5.19 Å². The fourth-order valence-corrected chi connectivity index (χ4v) is 1.16. The molecule has 0 bridgehead atoms. The second-order valence-electron chi connectivity index (χ2n) is 2.19. The first kappa shape index (κ1) is 9.28. The maximum atomic E-state index is 12.0. The molecule has 0 fully saturated rings. The molecule has 0 unspecified atom stereocenters. The fraction of sp³-hybridized carbons (Fsp3) is 0.143. The van der Waals surface area contributed by atoms with Crippen molar-refractivity contribution in [3.8, 4) is 0 Å². The molecule has 0 spiro atoms. The first-order valence-corrected chi connectivity index (χ1v) is 4.06. The maximum absolute atomic E-state index is 12.0. The van der Waals surface area contributed by atoms with Crippen molar-refractivity contribution in [3.63, 3.8) is 0 Å². The van der Waals surface area contributed by atoms with Gasteiger partial charge < -0.3 is 4.80 Å². The molecule has 0 saturated heterocycles. The van der Waals surface area contributed by atoms with Crippen LogP contribution in [0.2, 0.25) is 0 Å². The third-order valence-electron chi connectivity index (χ3n) is 1.32. The van der Waals surface area contributed by atoms with Crippen LogP contribution in [0.3, 0.4) is 0 Å². The molecule has 0 saturated carbocycles. The number of hydrogen-bond donors (Lipinski definition) is 1. The van der Waals surface area contributed by atoms with Crippen molar-refractivity contribution in [1.29, 1.82) is 0 Å². The number of hydrogen-bond acceptors (Lipinski definition) is 1. The van der Waals surface area contributed by atoms with Crippen LogP contribution in [0, 0.1) is 0 Å². The summed E-state index contributed by atoms with van der Waals surface area (Å²) in [7, 11) is -0.595. The van der Waals surface area contributed by atoms with Gasteiger partial charge in [-0.2, -0.15) is 13.2 Å². The highest BCUT2D eigenvalue weighted by atomic mass is 28.2. The minimum Gasteiger partial charge on any atom is -0.428 e. The topological polar surface area (TPSA) is 20.2 Å². The molecule has 1 nitrogen and oxygen atoms in total. The predicted octanol–water partition coefficient (Wildman–Crippen LogP) is 0.942. The largest absolute Gasteiger partial charge is 0.428 e. The SMILES string of the molecule is O[Si]c1cccc(C(F)(F)F)c1. The van der Waals surface area contributed by atoms with Gasteiger partial charge in [-0.05, 0) is 11.3 Å². The van der Waals surface area contributed by atoms with E-state index in [0.29, 0.717) is 5.19 Å². The maximum Gasteiger partial charge on any atom is 0.416 e. The Labute approximate surface area is 69.8 Å². The van der Waals surface area contributed by atoms with Crippen molar-refractivity contribution in [3.05, 3.63) is 29.8 Å². The second-order valence-corrected chi connectivity index (χ2v) is 2.99. The number of rotatable bonds is 1. The van der Waals surface area contributed by atoms with Gasteiger partial charge in [-0.3, -0.25) is 0 Å². The van der Waals surface area contributed by atoms with Gasteiger partial charge in [-0.15, -0.1) is 0 Å². The molecule has 0 aliphatic heterocycles. The van der Waals surface area contributed by atoms with Crippen molar-refractivity contribution in [2.24, 2.45) is 0 Å². The minimum absolute atomic E-state index is 0.296. The Morgan fingerprint density at radius 2 is 1.92 bits per heavy atom. The predicted molar refractivity (Wildman–Crippen MR) is 39.1 cm³/mol. The van der Waals surface area contributed by atoms with Crippen molar-refractivity contribution < 1.29 is 18.0 Å². The molecule has 1 aromatic carbocycles. The van der Waals surface area contributed by atoms with E-state index in [1.165, 1.54) is 12.1 Å². The lowest BCUT2D eigenvalue weighted by molar-refractivity contribution is -0.137. The van der Waals surface area contributed by atoms with E-state index in [4.69, 9.17) is 4.80 Å². The van der Waals surface area contributed by atoms with Crippen molar-refractivity contribution in [2.45, 2.75) is 6.18 Å². The zero-order valence-electron chi connectivity index (χ0n) is 5.89. The third-order valence-corrected chi connectivity index (χ3v) is 1.89. The van der Waals surface area contributed by atoms with Crippen LogP contribution in [-0.2, 0) is 6.18 Å². The zero-order valence-corrected chi connectivity index (χ0v) is 6.89. The lowest BCUT2D eigenvalue weighted by Crippen LogP contribution is -2.16. The molecule has 2 radical (unpaired) electrons. The van der Waals surface area contributed by atoms with Crippen LogP contribution in [0.1, 0.15) is 5.56 Å². The van der Waals surface area contributed by atoms with E-state index >= 15 is 0 Å². The Morgan fingerprint density at radius 3 is 2.42 bits per heavy atom. The van der Waals surface area contributed by atoms with E-state index in [0.717, 1.165) is 12.1 Å². The molecular formula is C7H5F3OSi. The van der Waals surface area contributed by atoms with Gasteiger partial charge in [-0.25, -0.2) is 0 Å². The summed E-state index contributed by atoms with van der Waals surface area (Å²) < 4.78 is 36.1. The van der Waals surface area contributed by atoms with Gasteiger partial charge in [-0.1, -0.05) is 18.2 Å². The first-order chi connectivity index (χ1) is 5.54. The van der Waals surface area contributed by atoms with Gasteiger partial charge in [0, 0.05) is 0 Å². The van der Waals surface area contributed by atoms with Gasteiger partial charge in [0.05, 0.1) is 5.56 Å². The van der Waals surface area contributed by atoms with Gasteiger partial charge in [0.2, 0.25) is 0 Å². The van der Waals surface area contributed by atoms with E-state index in [9.17, 15) is 13.2 Å². The molecule has 64 valence electrons. The Morgan fingerprint density at radius 1 is 1.25 bits per heavy atom. The minimum atomic E-state index is -4.32. The molecule has 0 amide bonds. The Bertz CT molecular complexity index is 272. The number of alkyl halides is 3.